The average Bonchev–Trinajstić information content (AvgIpc) is 2.81. The number of benzene rings is 1. The molecule has 1 aliphatic heterocycles. The Morgan fingerprint density at radius 2 is 2.31 bits per heavy atom. The summed E-state index contributed by atoms with van der Waals surface area (Å²) in [6, 6.07) is 5.61. The van der Waals surface area contributed by atoms with Crippen LogP contribution in [0, 0.1) is 6.92 Å². The van der Waals surface area contributed by atoms with Crippen molar-refractivity contribution in [3.63, 3.8) is 0 Å². The fourth-order valence-electron chi connectivity index (χ4n) is 2.14. The van der Waals surface area contributed by atoms with Crippen LogP contribution >= 0.6 is 0 Å². The molecule has 1 fully saturated rings. The van der Waals surface area contributed by atoms with E-state index in [0.717, 1.165) is 36.3 Å². The summed E-state index contributed by atoms with van der Waals surface area (Å²) in [5.41, 5.74) is 1.79. The zero-order chi connectivity index (χ0) is 11.5. The number of nitrogens with one attached hydrogen (secondary N) is 1. The van der Waals surface area contributed by atoms with Crippen molar-refractivity contribution in [1.82, 2.24) is 5.32 Å². The maximum Gasteiger partial charge on any atom is 0.179 e. The van der Waals surface area contributed by atoms with E-state index >= 15 is 0 Å². The number of rotatable bonds is 3. The van der Waals surface area contributed by atoms with Crippen molar-refractivity contribution in [2.45, 2.75) is 25.8 Å². The summed E-state index contributed by atoms with van der Waals surface area (Å²) in [6.45, 7) is 2.90. The third kappa shape index (κ3) is 2.09. The van der Waals surface area contributed by atoms with Gasteiger partial charge in [-0.2, -0.15) is 0 Å². The van der Waals surface area contributed by atoms with Gasteiger partial charge in [0.15, 0.2) is 5.78 Å². The molecule has 1 aliphatic rings. The molecule has 0 radical (unpaired) electrons. The largest absolute Gasteiger partial charge is 0.497 e. The highest BCUT2D eigenvalue weighted by Gasteiger charge is 2.24. The van der Waals surface area contributed by atoms with Crippen molar-refractivity contribution in [1.29, 1.82) is 0 Å². The minimum atomic E-state index is 0.00657. The van der Waals surface area contributed by atoms with Crippen LogP contribution in [0.5, 0.6) is 5.75 Å². The van der Waals surface area contributed by atoms with Crippen LogP contribution in [0.3, 0.4) is 0 Å². The van der Waals surface area contributed by atoms with Crippen LogP contribution in [-0.2, 0) is 0 Å². The molecule has 1 unspecified atom stereocenters. The number of hydrogen-bond acceptors (Lipinski definition) is 3. The molecule has 16 heavy (non-hydrogen) atoms. The second-order valence-electron chi connectivity index (χ2n) is 4.19. The van der Waals surface area contributed by atoms with E-state index in [4.69, 9.17) is 4.74 Å². The number of aryl methyl sites for hydroxylation is 1. The second-order valence-corrected chi connectivity index (χ2v) is 4.19. The van der Waals surface area contributed by atoms with Gasteiger partial charge in [0.2, 0.25) is 0 Å². The first-order valence-corrected chi connectivity index (χ1v) is 5.64. The van der Waals surface area contributed by atoms with E-state index in [1.807, 2.05) is 25.1 Å². The summed E-state index contributed by atoms with van der Waals surface area (Å²) in [5, 5.41) is 3.23. The van der Waals surface area contributed by atoms with Crippen LogP contribution in [0.1, 0.15) is 28.8 Å². The molecule has 0 spiro atoms. The Bertz CT molecular complexity index is 395. The predicted molar refractivity (Wildman–Crippen MR) is 63.1 cm³/mol. The molecule has 1 aromatic rings. The van der Waals surface area contributed by atoms with Gasteiger partial charge in [0.25, 0.3) is 0 Å². The first-order chi connectivity index (χ1) is 7.72. The van der Waals surface area contributed by atoms with Gasteiger partial charge in [-0.25, -0.2) is 0 Å². The molecule has 0 amide bonds. The maximum absolute atomic E-state index is 12.2. The third-order valence-corrected chi connectivity index (χ3v) is 3.08. The van der Waals surface area contributed by atoms with Crippen LogP contribution < -0.4 is 10.1 Å². The quantitative estimate of drug-likeness (QED) is 0.789. The van der Waals surface area contributed by atoms with Gasteiger partial charge < -0.3 is 10.1 Å². The van der Waals surface area contributed by atoms with Gasteiger partial charge in [0.1, 0.15) is 5.75 Å². The van der Waals surface area contributed by atoms with E-state index in [2.05, 4.69) is 5.32 Å². The van der Waals surface area contributed by atoms with E-state index in [9.17, 15) is 4.79 Å². The van der Waals surface area contributed by atoms with Gasteiger partial charge in [0, 0.05) is 5.56 Å². The summed E-state index contributed by atoms with van der Waals surface area (Å²) in [4.78, 5) is 12.2. The Hall–Kier alpha value is -1.35. The molecule has 1 N–H and O–H groups in total. The molecule has 1 aromatic carbocycles. The fourth-order valence-corrected chi connectivity index (χ4v) is 2.14. The lowest BCUT2D eigenvalue weighted by molar-refractivity contribution is 0.0951. The third-order valence-electron chi connectivity index (χ3n) is 3.08. The van der Waals surface area contributed by atoms with Gasteiger partial charge in [-0.15, -0.1) is 0 Å². The highest BCUT2D eigenvalue weighted by molar-refractivity contribution is 6.01. The second kappa shape index (κ2) is 4.66. The van der Waals surface area contributed by atoms with E-state index in [1.54, 1.807) is 7.11 Å². The number of ether oxygens (including phenoxy) is 1. The topological polar surface area (TPSA) is 38.3 Å². The molecular formula is C13H17NO2. The SMILES string of the molecule is COc1ccc(C(=O)C2CCCN2)c(C)c1. The van der Waals surface area contributed by atoms with Crippen LogP contribution in [0.4, 0.5) is 0 Å². The molecule has 0 aromatic heterocycles. The van der Waals surface area contributed by atoms with E-state index in [1.165, 1.54) is 0 Å². The lowest BCUT2D eigenvalue weighted by Crippen LogP contribution is -2.31. The first-order valence-electron chi connectivity index (χ1n) is 5.64. The fraction of sp³-hybridized carbons (Fsp3) is 0.462. The van der Waals surface area contributed by atoms with Crippen LogP contribution in [0.15, 0.2) is 18.2 Å². The van der Waals surface area contributed by atoms with Crippen molar-refractivity contribution in [2.24, 2.45) is 0 Å². The number of carbonyl (C=O) groups is 1. The zero-order valence-electron chi connectivity index (χ0n) is 9.75. The Morgan fingerprint density at radius 1 is 1.50 bits per heavy atom. The minimum absolute atomic E-state index is 0.00657. The monoisotopic (exact) mass is 219 g/mol. The molecule has 0 saturated carbocycles. The van der Waals surface area contributed by atoms with Crippen molar-refractivity contribution < 1.29 is 9.53 Å². The van der Waals surface area contributed by atoms with E-state index < -0.39 is 0 Å². The van der Waals surface area contributed by atoms with Crippen molar-refractivity contribution in [2.75, 3.05) is 13.7 Å². The van der Waals surface area contributed by atoms with E-state index in [-0.39, 0.29) is 11.8 Å². The molecule has 1 heterocycles. The summed E-state index contributed by atoms with van der Waals surface area (Å²) in [6.07, 6.45) is 2.04. The van der Waals surface area contributed by atoms with Gasteiger partial charge in [-0.3, -0.25) is 4.79 Å². The summed E-state index contributed by atoms with van der Waals surface area (Å²) < 4.78 is 5.13. The Balaban J connectivity index is 2.22. The molecule has 1 atom stereocenters. The van der Waals surface area contributed by atoms with E-state index in [0.29, 0.717) is 0 Å². The summed E-state index contributed by atoms with van der Waals surface area (Å²) in [5.74, 6) is 1.01. The first kappa shape index (κ1) is 11.1. The highest BCUT2D eigenvalue weighted by Crippen LogP contribution is 2.20. The molecule has 1 saturated heterocycles. The van der Waals surface area contributed by atoms with Gasteiger partial charge in [-0.05, 0) is 50.1 Å². The van der Waals surface area contributed by atoms with Gasteiger partial charge in [0.05, 0.1) is 13.2 Å². The van der Waals surface area contributed by atoms with Crippen molar-refractivity contribution in [3.8, 4) is 5.75 Å². The summed E-state index contributed by atoms with van der Waals surface area (Å²) >= 11 is 0. The highest BCUT2D eigenvalue weighted by atomic mass is 16.5. The minimum Gasteiger partial charge on any atom is -0.497 e. The maximum atomic E-state index is 12.2. The predicted octanol–water partition coefficient (Wildman–Crippen LogP) is 1.94. The number of hydrogen-bond donors (Lipinski definition) is 1. The van der Waals surface area contributed by atoms with Crippen molar-refractivity contribution >= 4 is 5.78 Å². The zero-order valence-corrected chi connectivity index (χ0v) is 9.75. The Kier molecular flexibility index (Phi) is 3.25. The smallest absolute Gasteiger partial charge is 0.179 e. The molecule has 0 bridgehead atoms. The average molecular weight is 219 g/mol. The summed E-state index contributed by atoms with van der Waals surface area (Å²) in [7, 11) is 1.63. The molecule has 0 aliphatic carbocycles. The molecule has 86 valence electrons. The molecule has 3 heteroatoms. The van der Waals surface area contributed by atoms with Crippen molar-refractivity contribution in [3.05, 3.63) is 29.3 Å². The van der Waals surface area contributed by atoms with Crippen LogP contribution in [-0.4, -0.2) is 25.5 Å². The number of methoxy groups -OCH3 is 1. The number of Topliss-reactive ketones (excluding diaryl/α,β-unsaturated/α-hetero) is 1. The number of carbonyl (C=O) groups excluding carboxylic acids is 1. The lowest BCUT2D eigenvalue weighted by Gasteiger charge is -2.12. The van der Waals surface area contributed by atoms with Crippen LogP contribution in [0.25, 0.3) is 0 Å². The van der Waals surface area contributed by atoms with Crippen LogP contribution in [0.2, 0.25) is 0 Å². The normalized spacial score (nSPS) is 19.8. The lowest BCUT2D eigenvalue weighted by atomic mass is 9.98. The standard InChI is InChI=1S/C13H17NO2/c1-9-8-10(16-2)5-6-11(9)13(15)12-4-3-7-14-12/h5-6,8,12,14H,3-4,7H2,1-2H3. The Labute approximate surface area is 95.8 Å². The number of ketones is 1. The Morgan fingerprint density at radius 3 is 2.88 bits per heavy atom. The molecule has 3 nitrogen and oxygen atoms in total. The molecule has 2 rings (SSSR count). The van der Waals surface area contributed by atoms with Gasteiger partial charge >= 0.3 is 0 Å². The molecular weight excluding hydrogens is 202 g/mol. The van der Waals surface area contributed by atoms with Gasteiger partial charge in [-0.1, -0.05) is 0 Å².